The maximum atomic E-state index is 10.8. The number of quaternary nitrogens is 1. The van der Waals surface area contributed by atoms with Crippen LogP contribution in [0.15, 0.2) is 11.6 Å². The topological polar surface area (TPSA) is 37.3 Å². The fraction of sp³-hybridized carbons (Fsp3) is 0.885. The number of aliphatic carboxylic acids is 1. The second-order valence-electron chi connectivity index (χ2n) is 9.67. The van der Waals surface area contributed by atoms with Crippen molar-refractivity contribution in [3.8, 4) is 0 Å². The molecule has 0 rings (SSSR count). The molecule has 0 radical (unpaired) electrons. The Morgan fingerprint density at radius 3 is 1.43 bits per heavy atom. The lowest BCUT2D eigenvalue weighted by atomic mass is 10.0. The van der Waals surface area contributed by atoms with Gasteiger partial charge in [-0.15, -0.1) is 0 Å². The molecule has 0 aromatic heterocycles. The van der Waals surface area contributed by atoms with Gasteiger partial charge in [0.15, 0.2) is 0 Å². The number of rotatable bonds is 21. The van der Waals surface area contributed by atoms with E-state index < -0.39 is 5.97 Å². The zero-order chi connectivity index (χ0) is 21.8. The van der Waals surface area contributed by atoms with Crippen LogP contribution in [0, 0.1) is 0 Å². The lowest BCUT2D eigenvalue weighted by Gasteiger charge is -2.29. The maximum absolute atomic E-state index is 10.8. The summed E-state index contributed by atoms with van der Waals surface area (Å²) in [6.45, 7) is 6.17. The Bertz CT molecular complexity index is 421. The van der Waals surface area contributed by atoms with E-state index in [-0.39, 0.29) is 17.0 Å². The minimum atomic E-state index is -0.798. The van der Waals surface area contributed by atoms with Gasteiger partial charge in [-0.2, -0.15) is 0 Å². The van der Waals surface area contributed by atoms with E-state index in [0.717, 1.165) is 17.4 Å². The van der Waals surface area contributed by atoms with Crippen molar-refractivity contribution in [3.05, 3.63) is 11.6 Å². The SMILES string of the molecule is CCCCCCCCCCCCCCCCCC[N+](C)(C)CCC=C(C)C(=O)O.[Br-]. The molecule has 4 heteroatoms. The van der Waals surface area contributed by atoms with Crippen LogP contribution in [0.4, 0.5) is 0 Å². The van der Waals surface area contributed by atoms with Crippen LogP contribution in [-0.2, 0) is 4.79 Å². The summed E-state index contributed by atoms with van der Waals surface area (Å²) in [5.41, 5.74) is 0.465. The molecular formula is C26H52BrNO2. The smallest absolute Gasteiger partial charge is 0.330 e. The van der Waals surface area contributed by atoms with Gasteiger partial charge in [0, 0.05) is 12.0 Å². The van der Waals surface area contributed by atoms with Gasteiger partial charge in [-0.25, -0.2) is 4.79 Å². The molecule has 180 valence electrons. The number of nitrogens with zero attached hydrogens (tertiary/aromatic N) is 1. The molecule has 3 nitrogen and oxygen atoms in total. The van der Waals surface area contributed by atoms with E-state index in [4.69, 9.17) is 5.11 Å². The van der Waals surface area contributed by atoms with Gasteiger partial charge in [0.2, 0.25) is 0 Å². The molecule has 0 aromatic carbocycles. The van der Waals surface area contributed by atoms with Crippen LogP contribution in [0.2, 0.25) is 0 Å². The molecule has 0 saturated heterocycles. The van der Waals surface area contributed by atoms with Crippen LogP contribution in [0.25, 0.3) is 0 Å². The third-order valence-corrected chi connectivity index (χ3v) is 6.14. The normalized spacial score (nSPS) is 12.1. The van der Waals surface area contributed by atoms with E-state index in [1.54, 1.807) is 6.92 Å². The number of carboxylic acids is 1. The molecule has 0 aromatic rings. The van der Waals surface area contributed by atoms with Crippen molar-refractivity contribution in [2.45, 2.75) is 123 Å². The van der Waals surface area contributed by atoms with Gasteiger partial charge in [0.1, 0.15) is 0 Å². The molecule has 0 bridgehead atoms. The van der Waals surface area contributed by atoms with E-state index >= 15 is 0 Å². The third-order valence-electron chi connectivity index (χ3n) is 6.14. The molecule has 0 atom stereocenters. The molecule has 0 fully saturated rings. The molecule has 1 N–H and O–H groups in total. The van der Waals surface area contributed by atoms with Crippen LogP contribution in [0.1, 0.15) is 123 Å². The summed E-state index contributed by atoms with van der Waals surface area (Å²) in [6, 6.07) is 0. The summed E-state index contributed by atoms with van der Waals surface area (Å²) in [6.07, 6.45) is 25.3. The second-order valence-corrected chi connectivity index (χ2v) is 9.67. The third kappa shape index (κ3) is 22.3. The van der Waals surface area contributed by atoms with Gasteiger partial charge in [0.25, 0.3) is 0 Å². The predicted molar refractivity (Wildman–Crippen MR) is 127 cm³/mol. The Morgan fingerprint density at radius 2 is 1.07 bits per heavy atom. The average molecular weight is 491 g/mol. The Hall–Kier alpha value is -0.350. The molecule has 0 unspecified atom stereocenters. The Balaban J connectivity index is 0. The highest BCUT2D eigenvalue weighted by Crippen LogP contribution is 2.14. The van der Waals surface area contributed by atoms with Crippen molar-refractivity contribution in [3.63, 3.8) is 0 Å². The number of halogens is 1. The van der Waals surface area contributed by atoms with Gasteiger partial charge in [-0.05, 0) is 19.8 Å². The van der Waals surface area contributed by atoms with E-state index in [2.05, 4.69) is 21.0 Å². The first-order chi connectivity index (χ1) is 13.9. The first kappa shape index (κ1) is 31.8. The maximum Gasteiger partial charge on any atom is 0.330 e. The molecule has 0 saturated carbocycles. The minimum Gasteiger partial charge on any atom is -1.00 e. The van der Waals surface area contributed by atoms with Crippen molar-refractivity contribution < 1.29 is 31.4 Å². The molecule has 30 heavy (non-hydrogen) atoms. The van der Waals surface area contributed by atoms with E-state index in [1.165, 1.54) is 109 Å². The minimum absolute atomic E-state index is 0. The van der Waals surface area contributed by atoms with Crippen LogP contribution in [-0.4, -0.2) is 42.7 Å². The van der Waals surface area contributed by atoms with Gasteiger partial charge in [-0.3, -0.25) is 0 Å². The first-order valence-electron chi connectivity index (χ1n) is 12.6. The number of hydrogen-bond donors (Lipinski definition) is 1. The zero-order valence-electron chi connectivity index (χ0n) is 20.7. The van der Waals surface area contributed by atoms with Crippen molar-refractivity contribution in [2.75, 3.05) is 27.2 Å². The molecular weight excluding hydrogens is 438 g/mol. The molecule has 0 heterocycles. The quantitative estimate of drug-likeness (QED) is 0.143. The summed E-state index contributed by atoms with van der Waals surface area (Å²) in [7, 11) is 4.52. The van der Waals surface area contributed by atoms with Crippen LogP contribution in [0.5, 0.6) is 0 Å². The van der Waals surface area contributed by atoms with E-state index in [9.17, 15) is 4.79 Å². The van der Waals surface area contributed by atoms with Crippen LogP contribution in [0.3, 0.4) is 0 Å². The number of hydrogen-bond acceptors (Lipinski definition) is 1. The van der Waals surface area contributed by atoms with Gasteiger partial charge in [0.05, 0.1) is 27.2 Å². The van der Waals surface area contributed by atoms with Crippen molar-refractivity contribution in [1.82, 2.24) is 0 Å². The average Bonchev–Trinajstić information content (AvgIpc) is 2.67. The van der Waals surface area contributed by atoms with Crippen molar-refractivity contribution in [2.24, 2.45) is 0 Å². The summed E-state index contributed by atoms with van der Waals surface area (Å²) < 4.78 is 0.988. The number of unbranched alkanes of at least 4 members (excludes halogenated alkanes) is 15. The second kappa shape index (κ2) is 21.9. The van der Waals surface area contributed by atoms with Crippen molar-refractivity contribution in [1.29, 1.82) is 0 Å². The monoisotopic (exact) mass is 489 g/mol. The number of carbonyl (C=O) groups is 1. The Labute approximate surface area is 199 Å². The van der Waals surface area contributed by atoms with Gasteiger partial charge in [-0.1, -0.05) is 103 Å². The highest BCUT2D eigenvalue weighted by molar-refractivity contribution is 5.85. The van der Waals surface area contributed by atoms with E-state index in [1.807, 2.05) is 6.08 Å². The fourth-order valence-corrected chi connectivity index (χ4v) is 3.92. The zero-order valence-corrected chi connectivity index (χ0v) is 22.3. The lowest BCUT2D eigenvalue weighted by Crippen LogP contribution is -3.00. The lowest BCUT2D eigenvalue weighted by molar-refractivity contribution is -0.890. The highest BCUT2D eigenvalue weighted by atomic mass is 79.9. The molecule has 0 aliphatic carbocycles. The number of carboxylic acid groups (broad SMARTS) is 1. The van der Waals surface area contributed by atoms with E-state index in [0.29, 0.717) is 5.57 Å². The first-order valence-corrected chi connectivity index (χ1v) is 12.6. The summed E-state index contributed by atoms with van der Waals surface area (Å²) in [4.78, 5) is 10.8. The molecule has 0 amide bonds. The predicted octanol–water partition coefficient (Wildman–Crippen LogP) is 4.75. The highest BCUT2D eigenvalue weighted by Gasteiger charge is 2.13. The van der Waals surface area contributed by atoms with Crippen molar-refractivity contribution >= 4 is 5.97 Å². The molecule has 0 aliphatic heterocycles. The molecule has 0 spiro atoms. The fourth-order valence-electron chi connectivity index (χ4n) is 3.92. The summed E-state index contributed by atoms with van der Waals surface area (Å²) in [5.74, 6) is -0.798. The Kier molecular flexibility index (Phi) is 23.2. The van der Waals surface area contributed by atoms with Crippen LogP contribution >= 0.6 is 0 Å². The van der Waals surface area contributed by atoms with Gasteiger partial charge < -0.3 is 26.6 Å². The molecule has 0 aliphatic rings. The summed E-state index contributed by atoms with van der Waals surface area (Å²) in [5, 5.41) is 8.90. The van der Waals surface area contributed by atoms with Gasteiger partial charge >= 0.3 is 5.97 Å². The van der Waals surface area contributed by atoms with Crippen LogP contribution < -0.4 is 17.0 Å². The largest absolute Gasteiger partial charge is 1.00 e. The Morgan fingerprint density at radius 1 is 0.700 bits per heavy atom. The standard InChI is InChI=1S/C26H51NO2.BrH/c1-5-6-7-8-9-10-11-12-13-14-15-16-17-18-19-20-23-27(3,4)24-21-22-25(2)26(28)29;/h22H,5-21,23-24H2,1-4H3;1H. The summed E-state index contributed by atoms with van der Waals surface area (Å²) >= 11 is 0.